The summed E-state index contributed by atoms with van der Waals surface area (Å²) in [6.07, 6.45) is 2.32. The molecule has 2 aromatic carbocycles. The minimum atomic E-state index is -1.21. The molecule has 1 aliphatic rings. The van der Waals surface area contributed by atoms with Crippen LogP contribution in [0.2, 0.25) is 0 Å². The zero-order valence-electron chi connectivity index (χ0n) is 25.4. The Labute approximate surface area is 262 Å². The standard InChI is InChI=1S/C31H34FN7O7/c1-36(16-25(40)33-15-29(45)46)27(42)17-39-23-5-3-4-20(21-13-24-19(12-22(21)32)14-34-37(24)2)30(23)31(35-39)18-8-10-38(11-9-18)26(41)6-7-28(43)44/h3-5,12-14,18H,6-11,15-17H2,1-2H3,(H,33,40)(H,43,44)(H,45,46). The number of halogens is 1. The summed E-state index contributed by atoms with van der Waals surface area (Å²) in [5, 5.41) is 30.4. The molecule has 3 amide bonds. The van der Waals surface area contributed by atoms with Gasteiger partial charge in [0, 0.05) is 55.9 Å². The molecular formula is C31H34FN7O7. The second-order valence-electron chi connectivity index (χ2n) is 11.4. The number of amides is 3. The maximum Gasteiger partial charge on any atom is 0.322 e. The number of carboxylic acids is 2. The summed E-state index contributed by atoms with van der Waals surface area (Å²) in [7, 11) is 3.19. The van der Waals surface area contributed by atoms with Crippen molar-refractivity contribution in [3.05, 3.63) is 48.0 Å². The molecule has 46 heavy (non-hydrogen) atoms. The van der Waals surface area contributed by atoms with Crippen LogP contribution in [0.15, 0.2) is 36.5 Å². The topological polar surface area (TPSA) is 180 Å². The molecule has 0 atom stereocenters. The van der Waals surface area contributed by atoms with E-state index in [9.17, 15) is 24.0 Å². The summed E-state index contributed by atoms with van der Waals surface area (Å²) in [4.78, 5) is 62.5. The quantitative estimate of drug-likeness (QED) is 0.222. The number of aromatic nitrogens is 4. The van der Waals surface area contributed by atoms with E-state index in [2.05, 4.69) is 10.4 Å². The van der Waals surface area contributed by atoms with Crippen LogP contribution in [0.5, 0.6) is 0 Å². The molecule has 3 N–H and O–H groups in total. The van der Waals surface area contributed by atoms with Crippen molar-refractivity contribution in [2.24, 2.45) is 7.05 Å². The Hall–Kier alpha value is -5.34. The SMILES string of the molecule is CN(CC(=O)NCC(=O)O)C(=O)Cn1nc(C2CCN(C(=O)CCC(=O)O)CC2)c2c(-c3cc4c(cnn4C)cc3F)cccc21. The Balaban J connectivity index is 1.49. The molecule has 0 unspecified atom stereocenters. The number of hydrogen-bond donors (Lipinski definition) is 3. The number of likely N-dealkylation sites (tertiary alicyclic amines) is 1. The fraction of sp³-hybridized carbons (Fsp3) is 0.387. The van der Waals surface area contributed by atoms with E-state index < -0.39 is 36.1 Å². The molecule has 1 saturated heterocycles. The van der Waals surface area contributed by atoms with Crippen LogP contribution < -0.4 is 5.32 Å². The third-order valence-corrected chi connectivity index (χ3v) is 8.25. The van der Waals surface area contributed by atoms with Crippen molar-refractivity contribution in [2.45, 2.75) is 38.1 Å². The van der Waals surface area contributed by atoms with Crippen LogP contribution >= 0.6 is 0 Å². The summed E-state index contributed by atoms with van der Waals surface area (Å²) in [5.41, 5.74) is 2.86. The number of fused-ring (bicyclic) bond motifs is 2. The van der Waals surface area contributed by atoms with Gasteiger partial charge in [0.15, 0.2) is 0 Å². The van der Waals surface area contributed by atoms with E-state index in [0.29, 0.717) is 59.0 Å². The zero-order chi connectivity index (χ0) is 33.1. The van der Waals surface area contributed by atoms with Gasteiger partial charge in [-0.05, 0) is 36.6 Å². The number of likely N-dealkylation sites (N-methyl/N-ethyl adjacent to an activating group) is 1. The van der Waals surface area contributed by atoms with Gasteiger partial charge >= 0.3 is 11.9 Å². The number of piperidine rings is 1. The lowest BCUT2D eigenvalue weighted by molar-refractivity contribution is -0.141. The highest BCUT2D eigenvalue weighted by molar-refractivity contribution is 6.00. The first-order chi connectivity index (χ1) is 21.9. The summed E-state index contributed by atoms with van der Waals surface area (Å²) in [6.45, 7) is -0.377. The van der Waals surface area contributed by atoms with Gasteiger partial charge in [0.05, 0.1) is 35.9 Å². The van der Waals surface area contributed by atoms with Gasteiger partial charge in [-0.1, -0.05) is 12.1 Å². The van der Waals surface area contributed by atoms with Gasteiger partial charge in [-0.25, -0.2) is 4.39 Å². The van der Waals surface area contributed by atoms with Crippen molar-refractivity contribution in [2.75, 3.05) is 33.2 Å². The van der Waals surface area contributed by atoms with Crippen LogP contribution in [0.3, 0.4) is 0 Å². The lowest BCUT2D eigenvalue weighted by Crippen LogP contribution is -2.41. The highest BCUT2D eigenvalue weighted by Gasteiger charge is 2.30. The largest absolute Gasteiger partial charge is 0.481 e. The second kappa shape index (κ2) is 13.3. The molecule has 15 heteroatoms. The molecule has 3 heterocycles. The number of carbonyl (C=O) groups excluding carboxylic acids is 3. The first kappa shape index (κ1) is 32.1. The minimum absolute atomic E-state index is 0.0819. The number of hydrogen-bond acceptors (Lipinski definition) is 7. The number of carbonyl (C=O) groups is 5. The van der Waals surface area contributed by atoms with Crippen LogP contribution in [-0.4, -0.2) is 102 Å². The molecule has 2 aromatic heterocycles. The molecule has 242 valence electrons. The van der Waals surface area contributed by atoms with Crippen molar-refractivity contribution < 1.29 is 38.6 Å². The average molecular weight is 636 g/mol. The Morgan fingerprint density at radius 3 is 2.46 bits per heavy atom. The Morgan fingerprint density at radius 1 is 1.02 bits per heavy atom. The van der Waals surface area contributed by atoms with E-state index in [1.165, 1.54) is 22.7 Å². The molecule has 0 bridgehead atoms. The molecule has 14 nitrogen and oxygen atoms in total. The van der Waals surface area contributed by atoms with Crippen LogP contribution in [-0.2, 0) is 37.6 Å². The zero-order valence-corrected chi connectivity index (χ0v) is 25.4. The smallest absolute Gasteiger partial charge is 0.322 e. The Bertz CT molecular complexity index is 1840. The van der Waals surface area contributed by atoms with Crippen molar-refractivity contribution >= 4 is 51.5 Å². The third-order valence-electron chi connectivity index (χ3n) is 8.25. The molecule has 0 spiro atoms. The maximum absolute atomic E-state index is 15.7. The normalized spacial score (nSPS) is 13.7. The van der Waals surface area contributed by atoms with Crippen molar-refractivity contribution in [1.29, 1.82) is 0 Å². The number of rotatable bonds is 11. The summed E-state index contributed by atoms with van der Waals surface area (Å²) in [6, 6.07) is 8.49. The van der Waals surface area contributed by atoms with Gasteiger partial charge in [-0.2, -0.15) is 10.2 Å². The first-order valence-electron chi connectivity index (χ1n) is 14.8. The minimum Gasteiger partial charge on any atom is -0.481 e. The molecule has 1 aliphatic heterocycles. The van der Waals surface area contributed by atoms with E-state index in [4.69, 9.17) is 15.3 Å². The highest BCUT2D eigenvalue weighted by atomic mass is 19.1. The molecule has 0 aliphatic carbocycles. The lowest BCUT2D eigenvalue weighted by Gasteiger charge is -2.31. The molecule has 5 rings (SSSR count). The predicted octanol–water partition coefficient (Wildman–Crippen LogP) is 1.96. The fourth-order valence-electron chi connectivity index (χ4n) is 5.82. The molecule has 0 saturated carbocycles. The van der Waals surface area contributed by atoms with Gasteiger partial charge in [-0.15, -0.1) is 0 Å². The van der Waals surface area contributed by atoms with Gasteiger partial charge in [0.2, 0.25) is 17.7 Å². The van der Waals surface area contributed by atoms with E-state index in [1.54, 1.807) is 47.1 Å². The molecule has 1 fully saturated rings. The average Bonchev–Trinajstić information content (AvgIpc) is 3.57. The van der Waals surface area contributed by atoms with E-state index >= 15 is 4.39 Å². The van der Waals surface area contributed by atoms with Gasteiger partial charge in [-0.3, -0.25) is 33.3 Å². The Kier molecular flexibility index (Phi) is 9.30. The van der Waals surface area contributed by atoms with Crippen molar-refractivity contribution in [1.82, 2.24) is 34.7 Å². The number of aryl methyl sites for hydroxylation is 1. The van der Waals surface area contributed by atoms with Crippen LogP contribution in [0.1, 0.15) is 37.3 Å². The molecule has 0 radical (unpaired) electrons. The number of nitrogens with one attached hydrogen (secondary N) is 1. The van der Waals surface area contributed by atoms with Crippen molar-refractivity contribution in [3.8, 4) is 11.1 Å². The van der Waals surface area contributed by atoms with Crippen LogP contribution in [0.25, 0.3) is 32.9 Å². The van der Waals surface area contributed by atoms with Crippen molar-refractivity contribution in [3.63, 3.8) is 0 Å². The second-order valence-corrected chi connectivity index (χ2v) is 11.4. The summed E-state index contributed by atoms with van der Waals surface area (Å²) < 4.78 is 18.8. The highest BCUT2D eigenvalue weighted by Crippen LogP contribution is 2.40. The summed E-state index contributed by atoms with van der Waals surface area (Å²) >= 11 is 0. The maximum atomic E-state index is 15.7. The lowest BCUT2D eigenvalue weighted by atomic mass is 9.88. The van der Waals surface area contributed by atoms with Crippen LogP contribution in [0, 0.1) is 5.82 Å². The first-order valence-corrected chi connectivity index (χ1v) is 14.8. The number of carboxylic acid groups (broad SMARTS) is 2. The van der Waals surface area contributed by atoms with E-state index in [-0.39, 0.29) is 37.8 Å². The summed E-state index contributed by atoms with van der Waals surface area (Å²) in [5.74, 6) is -4.15. The molecular weight excluding hydrogens is 601 g/mol. The van der Waals surface area contributed by atoms with Crippen LogP contribution in [0.4, 0.5) is 4.39 Å². The molecule has 4 aromatic rings. The Morgan fingerprint density at radius 2 is 1.76 bits per heavy atom. The number of benzene rings is 2. The predicted molar refractivity (Wildman–Crippen MR) is 163 cm³/mol. The van der Waals surface area contributed by atoms with Gasteiger partial charge in [0.1, 0.15) is 18.9 Å². The van der Waals surface area contributed by atoms with E-state index in [1.807, 2.05) is 0 Å². The number of nitrogens with zero attached hydrogens (tertiary/aromatic N) is 6. The third kappa shape index (κ3) is 6.82. The monoisotopic (exact) mass is 635 g/mol. The van der Waals surface area contributed by atoms with Gasteiger partial charge in [0.25, 0.3) is 0 Å². The number of aliphatic carboxylic acids is 2. The van der Waals surface area contributed by atoms with Gasteiger partial charge < -0.3 is 25.3 Å². The fourth-order valence-corrected chi connectivity index (χ4v) is 5.82. The van der Waals surface area contributed by atoms with E-state index in [0.717, 1.165) is 5.52 Å².